The fraction of sp³-hybridized carbons (Fsp3) is 0.300. The lowest BCUT2D eigenvalue weighted by molar-refractivity contribution is 0.628. The summed E-state index contributed by atoms with van der Waals surface area (Å²) < 4.78 is 12.7. The molecule has 0 saturated heterocycles. The van der Waals surface area contributed by atoms with E-state index in [4.69, 9.17) is 11.0 Å². The number of rotatable bonds is 3. The Labute approximate surface area is 82.5 Å². The predicted molar refractivity (Wildman–Crippen MR) is 54.3 cm³/mol. The summed E-state index contributed by atoms with van der Waals surface area (Å²) in [4.78, 5) is 1.83. The van der Waals surface area contributed by atoms with Gasteiger partial charge in [-0.25, -0.2) is 4.39 Å². The number of anilines is 2. The van der Waals surface area contributed by atoms with E-state index in [1.807, 2.05) is 18.0 Å². The monoisotopic (exact) mass is 193 g/mol. The number of nitrogens with zero attached hydrogens (tertiary/aromatic N) is 2. The van der Waals surface area contributed by atoms with Crippen LogP contribution in [0.5, 0.6) is 0 Å². The number of hydrogen-bond acceptors (Lipinski definition) is 3. The van der Waals surface area contributed by atoms with Crippen molar-refractivity contribution in [2.45, 2.75) is 6.42 Å². The third-order valence-electron chi connectivity index (χ3n) is 1.96. The quantitative estimate of drug-likeness (QED) is 0.744. The summed E-state index contributed by atoms with van der Waals surface area (Å²) in [5.74, 6) is -0.347. The number of halogens is 1. The van der Waals surface area contributed by atoms with E-state index < -0.39 is 0 Å². The molecule has 0 unspecified atom stereocenters. The smallest absolute Gasteiger partial charge is 0.125 e. The minimum Gasteiger partial charge on any atom is -0.397 e. The Kier molecular flexibility index (Phi) is 3.29. The maximum Gasteiger partial charge on any atom is 0.125 e. The molecule has 0 fully saturated rings. The molecule has 0 saturated carbocycles. The Bertz CT molecular complexity index is 357. The molecular formula is C10H12FN3. The SMILES string of the molecule is CN(CCC#N)c1ccc(F)cc1N. The van der Waals surface area contributed by atoms with Crippen LogP contribution in [-0.2, 0) is 0 Å². The third-order valence-corrected chi connectivity index (χ3v) is 1.96. The molecule has 0 atom stereocenters. The van der Waals surface area contributed by atoms with Crippen molar-refractivity contribution in [1.82, 2.24) is 0 Å². The Balaban J connectivity index is 2.80. The van der Waals surface area contributed by atoms with Crippen molar-refractivity contribution in [3.05, 3.63) is 24.0 Å². The number of nitriles is 1. The average molecular weight is 193 g/mol. The van der Waals surface area contributed by atoms with Crippen LogP contribution in [0.4, 0.5) is 15.8 Å². The molecule has 0 spiro atoms. The van der Waals surface area contributed by atoms with Crippen LogP contribution in [-0.4, -0.2) is 13.6 Å². The van der Waals surface area contributed by atoms with Crippen LogP contribution >= 0.6 is 0 Å². The summed E-state index contributed by atoms with van der Waals surface area (Å²) in [5.41, 5.74) is 6.77. The van der Waals surface area contributed by atoms with Gasteiger partial charge >= 0.3 is 0 Å². The van der Waals surface area contributed by atoms with E-state index in [0.29, 0.717) is 18.7 Å². The standard InChI is InChI=1S/C10H12FN3/c1-14(6-2-5-12)10-4-3-8(11)7-9(10)13/h3-4,7H,2,6,13H2,1H3. The summed E-state index contributed by atoms with van der Waals surface area (Å²) in [6, 6.07) is 6.29. The largest absolute Gasteiger partial charge is 0.397 e. The summed E-state index contributed by atoms with van der Waals surface area (Å²) >= 11 is 0. The fourth-order valence-electron chi connectivity index (χ4n) is 1.21. The van der Waals surface area contributed by atoms with Crippen molar-refractivity contribution in [3.8, 4) is 6.07 Å². The van der Waals surface area contributed by atoms with Gasteiger partial charge in [0.15, 0.2) is 0 Å². The van der Waals surface area contributed by atoms with Crippen molar-refractivity contribution in [3.63, 3.8) is 0 Å². The molecule has 0 amide bonds. The van der Waals surface area contributed by atoms with E-state index in [2.05, 4.69) is 0 Å². The molecule has 14 heavy (non-hydrogen) atoms. The first-order chi connectivity index (χ1) is 6.65. The van der Waals surface area contributed by atoms with Gasteiger partial charge in [0.25, 0.3) is 0 Å². The van der Waals surface area contributed by atoms with Crippen molar-refractivity contribution in [2.75, 3.05) is 24.2 Å². The highest BCUT2D eigenvalue weighted by Crippen LogP contribution is 2.22. The maximum absolute atomic E-state index is 12.7. The molecule has 1 rings (SSSR count). The van der Waals surface area contributed by atoms with Crippen molar-refractivity contribution in [1.29, 1.82) is 5.26 Å². The number of benzene rings is 1. The molecule has 0 aliphatic rings. The Morgan fingerprint density at radius 1 is 1.57 bits per heavy atom. The lowest BCUT2D eigenvalue weighted by Crippen LogP contribution is -2.19. The van der Waals surface area contributed by atoms with Crippen LogP contribution in [0.1, 0.15) is 6.42 Å². The molecule has 0 heterocycles. The maximum atomic E-state index is 12.7. The molecule has 1 aromatic rings. The average Bonchev–Trinajstić information content (AvgIpc) is 2.14. The van der Waals surface area contributed by atoms with E-state index in [1.54, 1.807) is 6.07 Å². The molecule has 3 nitrogen and oxygen atoms in total. The Morgan fingerprint density at radius 2 is 2.29 bits per heavy atom. The number of nitrogen functional groups attached to an aromatic ring is 1. The summed E-state index contributed by atoms with van der Waals surface area (Å²) in [6.07, 6.45) is 0.424. The fourth-order valence-corrected chi connectivity index (χ4v) is 1.21. The van der Waals surface area contributed by atoms with Gasteiger partial charge in [0, 0.05) is 13.6 Å². The van der Waals surface area contributed by atoms with Gasteiger partial charge in [0.1, 0.15) is 5.82 Å². The topological polar surface area (TPSA) is 53.0 Å². The predicted octanol–water partition coefficient (Wildman–Crippen LogP) is 1.76. The molecule has 0 aliphatic heterocycles. The van der Waals surface area contributed by atoms with Crippen LogP contribution < -0.4 is 10.6 Å². The van der Waals surface area contributed by atoms with Gasteiger partial charge in [0.05, 0.1) is 23.9 Å². The summed E-state index contributed by atoms with van der Waals surface area (Å²) in [5, 5.41) is 8.41. The van der Waals surface area contributed by atoms with Gasteiger partial charge in [-0.15, -0.1) is 0 Å². The molecule has 4 heteroatoms. The second-order valence-electron chi connectivity index (χ2n) is 3.03. The van der Waals surface area contributed by atoms with Gasteiger partial charge in [-0.3, -0.25) is 0 Å². The first-order valence-electron chi connectivity index (χ1n) is 4.28. The molecule has 0 aliphatic carbocycles. The van der Waals surface area contributed by atoms with E-state index in [1.165, 1.54) is 12.1 Å². The van der Waals surface area contributed by atoms with Gasteiger partial charge in [-0.2, -0.15) is 5.26 Å². The highest BCUT2D eigenvalue weighted by molar-refractivity contribution is 5.67. The lowest BCUT2D eigenvalue weighted by atomic mass is 10.2. The number of nitrogens with two attached hydrogens (primary N) is 1. The molecule has 2 N–H and O–H groups in total. The summed E-state index contributed by atoms with van der Waals surface area (Å²) in [6.45, 7) is 0.590. The zero-order valence-electron chi connectivity index (χ0n) is 8.00. The highest BCUT2D eigenvalue weighted by atomic mass is 19.1. The van der Waals surface area contributed by atoms with E-state index in [9.17, 15) is 4.39 Å². The summed E-state index contributed by atoms with van der Waals surface area (Å²) in [7, 11) is 1.82. The van der Waals surface area contributed by atoms with Crippen LogP contribution in [0.3, 0.4) is 0 Å². The molecular weight excluding hydrogens is 181 g/mol. The highest BCUT2D eigenvalue weighted by Gasteiger charge is 2.05. The zero-order valence-corrected chi connectivity index (χ0v) is 8.00. The number of hydrogen-bond donors (Lipinski definition) is 1. The Morgan fingerprint density at radius 3 is 2.86 bits per heavy atom. The second kappa shape index (κ2) is 4.47. The van der Waals surface area contributed by atoms with E-state index >= 15 is 0 Å². The third kappa shape index (κ3) is 2.36. The van der Waals surface area contributed by atoms with Crippen molar-refractivity contribution >= 4 is 11.4 Å². The molecule has 0 aromatic heterocycles. The zero-order chi connectivity index (χ0) is 10.6. The minimum absolute atomic E-state index is 0.347. The second-order valence-corrected chi connectivity index (χ2v) is 3.03. The molecule has 0 radical (unpaired) electrons. The van der Waals surface area contributed by atoms with Crippen LogP contribution in [0.2, 0.25) is 0 Å². The lowest BCUT2D eigenvalue weighted by Gasteiger charge is -2.19. The molecule has 0 bridgehead atoms. The van der Waals surface area contributed by atoms with Gasteiger partial charge in [0.2, 0.25) is 0 Å². The molecule has 74 valence electrons. The van der Waals surface area contributed by atoms with Crippen LogP contribution in [0.15, 0.2) is 18.2 Å². The van der Waals surface area contributed by atoms with Gasteiger partial charge in [-0.1, -0.05) is 0 Å². The first-order valence-corrected chi connectivity index (χ1v) is 4.28. The molecule has 1 aromatic carbocycles. The van der Waals surface area contributed by atoms with Crippen molar-refractivity contribution in [2.24, 2.45) is 0 Å². The normalized spacial score (nSPS) is 9.50. The Hall–Kier alpha value is -1.76. The van der Waals surface area contributed by atoms with E-state index in [-0.39, 0.29) is 5.82 Å². The van der Waals surface area contributed by atoms with Crippen LogP contribution in [0.25, 0.3) is 0 Å². The van der Waals surface area contributed by atoms with Crippen molar-refractivity contribution < 1.29 is 4.39 Å². The van der Waals surface area contributed by atoms with Crippen LogP contribution in [0, 0.1) is 17.1 Å². The van der Waals surface area contributed by atoms with Gasteiger partial charge in [-0.05, 0) is 18.2 Å². The first kappa shape index (κ1) is 10.3. The van der Waals surface area contributed by atoms with Gasteiger partial charge < -0.3 is 10.6 Å². The van der Waals surface area contributed by atoms with E-state index in [0.717, 1.165) is 5.69 Å². The minimum atomic E-state index is -0.347.